The minimum atomic E-state index is -0.633. The van der Waals surface area contributed by atoms with Crippen molar-refractivity contribution in [1.82, 2.24) is 0 Å². The maximum Gasteiger partial charge on any atom is 0.257 e. The Morgan fingerprint density at radius 1 is 1.26 bits per heavy atom. The van der Waals surface area contributed by atoms with Crippen molar-refractivity contribution < 1.29 is 9.18 Å². The fraction of sp³-hybridized carbons (Fsp3) is 0. The molecule has 0 heterocycles. The molecule has 2 aromatic rings. The molecule has 0 saturated carbocycles. The summed E-state index contributed by atoms with van der Waals surface area (Å²) < 4.78 is 13.3. The van der Waals surface area contributed by atoms with Crippen LogP contribution in [0.2, 0.25) is 5.02 Å². The molecule has 0 atom stereocenters. The van der Waals surface area contributed by atoms with Gasteiger partial charge in [0.05, 0.1) is 10.6 Å². The number of anilines is 1. The highest BCUT2D eigenvalue weighted by Gasteiger charge is 2.13. The highest BCUT2D eigenvalue weighted by atomic mass is 35.5. The summed E-state index contributed by atoms with van der Waals surface area (Å²) in [4.78, 5) is 12.0. The molecule has 0 aromatic heterocycles. The molecule has 1 N–H and O–H groups in total. The lowest BCUT2D eigenvalue weighted by atomic mass is 10.1. The second-order valence-electron chi connectivity index (χ2n) is 3.78. The predicted molar refractivity (Wildman–Crippen MR) is 73.7 cm³/mol. The molecule has 2 nitrogen and oxygen atoms in total. The lowest BCUT2D eigenvalue weighted by Gasteiger charge is -2.07. The van der Waals surface area contributed by atoms with E-state index in [0.29, 0.717) is 11.3 Å². The third-order valence-corrected chi connectivity index (χ3v) is 2.87. The number of halogens is 2. The quantitative estimate of drug-likeness (QED) is 0.831. The van der Waals surface area contributed by atoms with Gasteiger partial charge in [-0.05, 0) is 30.3 Å². The average molecular weight is 274 g/mol. The van der Waals surface area contributed by atoms with Crippen LogP contribution in [-0.2, 0) is 0 Å². The summed E-state index contributed by atoms with van der Waals surface area (Å²) in [6.45, 7) is 0. The maximum absolute atomic E-state index is 13.3. The van der Waals surface area contributed by atoms with Crippen LogP contribution < -0.4 is 5.32 Å². The van der Waals surface area contributed by atoms with Crippen molar-refractivity contribution in [2.24, 2.45) is 0 Å². The van der Waals surface area contributed by atoms with Gasteiger partial charge in [0.2, 0.25) is 0 Å². The van der Waals surface area contributed by atoms with Crippen molar-refractivity contribution in [2.75, 3.05) is 5.32 Å². The van der Waals surface area contributed by atoms with Crippen molar-refractivity contribution in [3.8, 4) is 12.3 Å². The minimum Gasteiger partial charge on any atom is -0.322 e. The van der Waals surface area contributed by atoms with E-state index in [1.54, 1.807) is 24.3 Å². The fourth-order valence-corrected chi connectivity index (χ4v) is 1.78. The standard InChI is InChI=1S/C15H9ClFNO/c1-2-10-5-3-6-11(9-10)18-15(19)12-7-4-8-13(17)14(12)16/h1,3-9H,(H,18,19). The molecule has 1 amide bonds. The summed E-state index contributed by atoms with van der Waals surface area (Å²) in [5.41, 5.74) is 1.25. The van der Waals surface area contributed by atoms with Crippen LogP contribution in [-0.4, -0.2) is 5.91 Å². The Morgan fingerprint density at radius 3 is 2.74 bits per heavy atom. The van der Waals surface area contributed by atoms with Gasteiger partial charge in [0.1, 0.15) is 5.82 Å². The summed E-state index contributed by atoms with van der Waals surface area (Å²) in [6.07, 6.45) is 5.27. The van der Waals surface area contributed by atoms with Crippen LogP contribution in [0.15, 0.2) is 42.5 Å². The Kier molecular flexibility index (Phi) is 3.84. The zero-order chi connectivity index (χ0) is 13.8. The molecule has 2 rings (SSSR count). The Morgan fingerprint density at radius 2 is 2.00 bits per heavy atom. The van der Waals surface area contributed by atoms with Crippen LogP contribution in [0.3, 0.4) is 0 Å². The first-order valence-corrected chi connectivity index (χ1v) is 5.81. The Bertz CT molecular complexity index is 676. The molecule has 2 aromatic carbocycles. The third kappa shape index (κ3) is 2.93. The van der Waals surface area contributed by atoms with Crippen molar-refractivity contribution in [2.45, 2.75) is 0 Å². The number of terminal acetylenes is 1. The van der Waals surface area contributed by atoms with Gasteiger partial charge in [0.25, 0.3) is 5.91 Å². The molecule has 0 saturated heterocycles. The highest BCUT2D eigenvalue weighted by Crippen LogP contribution is 2.21. The van der Waals surface area contributed by atoms with Crippen LogP contribution in [0.25, 0.3) is 0 Å². The number of hydrogen-bond donors (Lipinski definition) is 1. The van der Waals surface area contributed by atoms with Gasteiger partial charge in [-0.25, -0.2) is 4.39 Å². The van der Waals surface area contributed by atoms with Gasteiger partial charge in [-0.15, -0.1) is 6.42 Å². The van der Waals surface area contributed by atoms with Crippen LogP contribution in [0.5, 0.6) is 0 Å². The lowest BCUT2D eigenvalue weighted by Crippen LogP contribution is -2.13. The van der Waals surface area contributed by atoms with Crippen molar-refractivity contribution in [3.05, 3.63) is 64.4 Å². The smallest absolute Gasteiger partial charge is 0.257 e. The first kappa shape index (κ1) is 13.1. The van der Waals surface area contributed by atoms with Gasteiger partial charge in [-0.3, -0.25) is 4.79 Å². The zero-order valence-electron chi connectivity index (χ0n) is 9.78. The molecule has 0 fully saturated rings. The molecule has 4 heteroatoms. The molecule has 19 heavy (non-hydrogen) atoms. The molecular weight excluding hydrogens is 265 g/mol. The van der Waals surface area contributed by atoms with Gasteiger partial charge >= 0.3 is 0 Å². The first-order chi connectivity index (χ1) is 9.11. The minimum absolute atomic E-state index is 0.0766. The molecular formula is C15H9ClFNO. The largest absolute Gasteiger partial charge is 0.322 e. The van der Waals surface area contributed by atoms with Gasteiger partial charge in [0, 0.05) is 11.3 Å². The summed E-state index contributed by atoms with van der Waals surface area (Å²) >= 11 is 5.74. The van der Waals surface area contributed by atoms with Crippen LogP contribution in [0.1, 0.15) is 15.9 Å². The third-order valence-electron chi connectivity index (χ3n) is 2.48. The SMILES string of the molecule is C#Cc1cccc(NC(=O)c2cccc(F)c2Cl)c1. The highest BCUT2D eigenvalue weighted by molar-refractivity contribution is 6.34. The first-order valence-electron chi connectivity index (χ1n) is 5.44. The Balaban J connectivity index is 2.26. The van der Waals surface area contributed by atoms with E-state index in [-0.39, 0.29) is 10.6 Å². The monoisotopic (exact) mass is 273 g/mol. The van der Waals surface area contributed by atoms with Gasteiger partial charge < -0.3 is 5.32 Å². The van der Waals surface area contributed by atoms with E-state index in [4.69, 9.17) is 18.0 Å². The van der Waals surface area contributed by atoms with E-state index < -0.39 is 11.7 Å². The fourth-order valence-electron chi connectivity index (χ4n) is 1.56. The van der Waals surface area contributed by atoms with Gasteiger partial charge in [-0.1, -0.05) is 29.7 Å². The number of carbonyl (C=O) groups excluding carboxylic acids is 1. The van der Waals surface area contributed by atoms with Crippen molar-refractivity contribution >= 4 is 23.2 Å². The van der Waals surface area contributed by atoms with Gasteiger partial charge in [-0.2, -0.15) is 0 Å². The lowest BCUT2D eigenvalue weighted by molar-refractivity contribution is 0.102. The molecule has 0 radical (unpaired) electrons. The number of hydrogen-bond acceptors (Lipinski definition) is 1. The van der Waals surface area contributed by atoms with E-state index in [0.717, 1.165) is 0 Å². The summed E-state index contributed by atoms with van der Waals surface area (Å²) in [5, 5.41) is 2.41. The number of amides is 1. The van der Waals surface area contributed by atoms with E-state index >= 15 is 0 Å². The summed E-state index contributed by atoms with van der Waals surface area (Å²) in [5.74, 6) is 1.34. The molecule has 94 valence electrons. The Hall–Kier alpha value is -2.31. The van der Waals surface area contributed by atoms with Crippen LogP contribution >= 0.6 is 11.6 Å². The molecule has 0 aliphatic heterocycles. The van der Waals surface area contributed by atoms with Crippen molar-refractivity contribution in [3.63, 3.8) is 0 Å². The average Bonchev–Trinajstić information content (AvgIpc) is 2.42. The molecule has 0 spiro atoms. The normalized spacial score (nSPS) is 9.74. The molecule has 0 bridgehead atoms. The van der Waals surface area contributed by atoms with E-state index in [9.17, 15) is 9.18 Å². The number of rotatable bonds is 2. The van der Waals surface area contributed by atoms with Crippen LogP contribution in [0, 0.1) is 18.2 Å². The second-order valence-corrected chi connectivity index (χ2v) is 4.16. The van der Waals surface area contributed by atoms with E-state index in [1.165, 1.54) is 18.2 Å². The molecule has 0 aliphatic rings. The van der Waals surface area contributed by atoms with E-state index in [2.05, 4.69) is 11.2 Å². The van der Waals surface area contributed by atoms with Gasteiger partial charge in [0.15, 0.2) is 0 Å². The summed E-state index contributed by atoms with van der Waals surface area (Å²) in [7, 11) is 0. The van der Waals surface area contributed by atoms with Crippen molar-refractivity contribution in [1.29, 1.82) is 0 Å². The number of benzene rings is 2. The molecule has 0 unspecified atom stereocenters. The maximum atomic E-state index is 13.3. The summed E-state index contributed by atoms with van der Waals surface area (Å²) in [6, 6.07) is 10.9. The number of nitrogens with one attached hydrogen (secondary N) is 1. The van der Waals surface area contributed by atoms with Crippen LogP contribution in [0.4, 0.5) is 10.1 Å². The molecule has 0 aliphatic carbocycles. The van der Waals surface area contributed by atoms with E-state index in [1.807, 2.05) is 0 Å². The zero-order valence-corrected chi connectivity index (χ0v) is 10.5. The number of carbonyl (C=O) groups is 1. The second kappa shape index (κ2) is 5.55. The predicted octanol–water partition coefficient (Wildman–Crippen LogP) is 3.71. The Labute approximate surface area is 115 Å². The topological polar surface area (TPSA) is 29.1 Å².